The average molecular weight is 181 g/mol. The summed E-state index contributed by atoms with van der Waals surface area (Å²) in [7, 11) is 0. The maximum absolute atomic E-state index is 11.2. The van der Waals surface area contributed by atoms with Gasteiger partial charge in [-0.3, -0.25) is 14.4 Å². The number of hydrogen-bond donors (Lipinski definition) is 1. The van der Waals surface area contributed by atoms with E-state index in [2.05, 4.69) is 13.2 Å². The highest BCUT2D eigenvalue weighted by Crippen LogP contribution is 2.19. The number of allylic oxidation sites excluding steroid dienone is 2. The van der Waals surface area contributed by atoms with Crippen LogP contribution < -0.4 is 5.73 Å². The molecule has 0 bridgehead atoms. The second kappa shape index (κ2) is 3.80. The van der Waals surface area contributed by atoms with Crippen LogP contribution in [-0.2, 0) is 14.4 Å². The van der Waals surface area contributed by atoms with Crippen LogP contribution in [0.25, 0.3) is 0 Å². The Morgan fingerprint density at radius 1 is 1.15 bits per heavy atom. The van der Waals surface area contributed by atoms with E-state index in [-0.39, 0.29) is 0 Å². The van der Waals surface area contributed by atoms with E-state index in [9.17, 15) is 14.4 Å². The molecule has 0 fully saturated rings. The van der Waals surface area contributed by atoms with E-state index in [1.165, 1.54) is 0 Å². The van der Waals surface area contributed by atoms with Crippen molar-refractivity contribution in [3.8, 4) is 0 Å². The van der Waals surface area contributed by atoms with Crippen LogP contribution in [0.2, 0.25) is 0 Å². The Morgan fingerprint density at radius 2 is 1.46 bits per heavy atom. The molecule has 0 atom stereocenters. The van der Waals surface area contributed by atoms with Crippen molar-refractivity contribution < 1.29 is 14.4 Å². The first kappa shape index (κ1) is 11.3. The van der Waals surface area contributed by atoms with Crippen LogP contribution in [0.15, 0.2) is 25.3 Å². The molecule has 0 saturated carbocycles. The number of amides is 1. The summed E-state index contributed by atoms with van der Waals surface area (Å²) in [5, 5.41) is 0. The number of nitrogens with two attached hydrogens (primary N) is 1. The average Bonchev–Trinajstić information content (AvgIpc) is 2.13. The van der Waals surface area contributed by atoms with Crippen molar-refractivity contribution >= 4 is 17.5 Å². The van der Waals surface area contributed by atoms with E-state index in [0.717, 1.165) is 19.1 Å². The predicted octanol–water partition coefficient (Wildman–Crippen LogP) is -0.0118. The molecule has 0 unspecified atom stereocenters. The van der Waals surface area contributed by atoms with Crippen molar-refractivity contribution in [2.24, 2.45) is 11.1 Å². The summed E-state index contributed by atoms with van der Waals surface area (Å²) in [5.74, 6) is -2.43. The first-order valence-corrected chi connectivity index (χ1v) is 3.54. The first-order chi connectivity index (χ1) is 5.91. The minimum absolute atomic E-state index is 0.718. The molecule has 0 saturated heterocycles. The fraction of sp³-hybridized carbons (Fsp3) is 0.222. The second-order valence-electron chi connectivity index (χ2n) is 2.63. The molecule has 0 spiro atoms. The fourth-order valence-corrected chi connectivity index (χ4v) is 0.773. The third kappa shape index (κ3) is 1.72. The third-order valence-electron chi connectivity index (χ3n) is 1.85. The number of carbonyl (C=O) groups excluding carboxylic acids is 3. The second-order valence-corrected chi connectivity index (χ2v) is 2.63. The van der Waals surface area contributed by atoms with Gasteiger partial charge in [-0.25, -0.2) is 0 Å². The minimum atomic E-state index is -1.86. The molecular formula is C9H11NO3. The van der Waals surface area contributed by atoms with E-state index in [4.69, 9.17) is 5.73 Å². The molecular weight excluding hydrogens is 170 g/mol. The smallest absolute Gasteiger partial charge is 0.239 e. The van der Waals surface area contributed by atoms with Gasteiger partial charge in [-0.2, -0.15) is 0 Å². The Labute approximate surface area is 76.1 Å². The van der Waals surface area contributed by atoms with Gasteiger partial charge in [0.1, 0.15) is 0 Å². The maximum Gasteiger partial charge on any atom is 0.239 e. The lowest BCUT2D eigenvalue weighted by Gasteiger charge is -2.18. The number of carbonyl (C=O) groups is 3. The molecule has 4 heteroatoms. The Morgan fingerprint density at radius 3 is 1.62 bits per heavy atom. The van der Waals surface area contributed by atoms with Crippen molar-refractivity contribution in [3.63, 3.8) is 0 Å². The van der Waals surface area contributed by atoms with E-state index < -0.39 is 22.9 Å². The molecule has 0 heterocycles. The lowest BCUT2D eigenvalue weighted by atomic mass is 9.80. The first-order valence-electron chi connectivity index (χ1n) is 3.54. The van der Waals surface area contributed by atoms with Gasteiger partial charge in [0, 0.05) is 0 Å². The molecule has 0 aliphatic rings. The Balaban J connectivity index is 5.30. The van der Waals surface area contributed by atoms with Gasteiger partial charge >= 0.3 is 0 Å². The molecule has 0 aliphatic heterocycles. The molecule has 4 nitrogen and oxygen atoms in total. The standard InChI is InChI=1S/C9H11NO3/c1-4-6(11)9(3,8(10)13)7(12)5-2/h4-5H,1-2H2,3H3,(H2,10,13). The SMILES string of the molecule is C=CC(=O)C(C)(C(N)=O)C(=O)C=C. The van der Waals surface area contributed by atoms with Gasteiger partial charge in [-0.1, -0.05) is 13.2 Å². The molecule has 2 N–H and O–H groups in total. The lowest BCUT2D eigenvalue weighted by molar-refractivity contribution is -0.143. The molecule has 0 radical (unpaired) electrons. The zero-order chi connectivity index (χ0) is 10.6. The monoisotopic (exact) mass is 181 g/mol. The molecule has 0 rings (SSSR count). The summed E-state index contributed by atoms with van der Waals surface area (Å²) in [4.78, 5) is 33.3. The van der Waals surface area contributed by atoms with Crippen LogP contribution in [-0.4, -0.2) is 17.5 Å². The van der Waals surface area contributed by atoms with Crippen molar-refractivity contribution in [1.29, 1.82) is 0 Å². The summed E-state index contributed by atoms with van der Waals surface area (Å²) in [5.41, 5.74) is 3.09. The Hall–Kier alpha value is -1.71. The van der Waals surface area contributed by atoms with Crippen LogP contribution in [0.1, 0.15) is 6.92 Å². The van der Waals surface area contributed by atoms with Crippen molar-refractivity contribution in [1.82, 2.24) is 0 Å². The van der Waals surface area contributed by atoms with E-state index >= 15 is 0 Å². The summed E-state index contributed by atoms with van der Waals surface area (Å²) in [6, 6.07) is 0. The molecule has 1 amide bonds. The molecule has 0 aromatic carbocycles. The number of rotatable bonds is 5. The lowest BCUT2D eigenvalue weighted by Crippen LogP contribution is -2.46. The molecule has 0 aliphatic carbocycles. The van der Waals surface area contributed by atoms with Gasteiger partial charge in [0.15, 0.2) is 17.0 Å². The predicted molar refractivity (Wildman–Crippen MR) is 47.7 cm³/mol. The molecule has 0 aromatic rings. The van der Waals surface area contributed by atoms with Crippen LogP contribution in [0, 0.1) is 5.41 Å². The van der Waals surface area contributed by atoms with Gasteiger partial charge in [-0.05, 0) is 19.1 Å². The summed E-state index contributed by atoms with van der Waals surface area (Å²) in [6.45, 7) is 7.52. The van der Waals surface area contributed by atoms with E-state index in [1.54, 1.807) is 0 Å². The van der Waals surface area contributed by atoms with Gasteiger partial charge in [-0.15, -0.1) is 0 Å². The minimum Gasteiger partial charge on any atom is -0.368 e. The maximum atomic E-state index is 11.2. The zero-order valence-electron chi connectivity index (χ0n) is 7.37. The fourth-order valence-electron chi connectivity index (χ4n) is 0.773. The van der Waals surface area contributed by atoms with Crippen LogP contribution in [0.5, 0.6) is 0 Å². The van der Waals surface area contributed by atoms with Crippen LogP contribution in [0.3, 0.4) is 0 Å². The summed E-state index contributed by atoms with van der Waals surface area (Å²) < 4.78 is 0. The number of primary amides is 1. The van der Waals surface area contributed by atoms with Gasteiger partial charge in [0.25, 0.3) is 0 Å². The summed E-state index contributed by atoms with van der Waals surface area (Å²) >= 11 is 0. The largest absolute Gasteiger partial charge is 0.368 e. The van der Waals surface area contributed by atoms with Crippen LogP contribution in [0.4, 0.5) is 0 Å². The van der Waals surface area contributed by atoms with Crippen LogP contribution >= 0.6 is 0 Å². The number of hydrogen-bond acceptors (Lipinski definition) is 3. The highest BCUT2D eigenvalue weighted by Gasteiger charge is 2.43. The normalized spacial score (nSPS) is 10.2. The highest BCUT2D eigenvalue weighted by atomic mass is 16.2. The third-order valence-corrected chi connectivity index (χ3v) is 1.85. The zero-order valence-corrected chi connectivity index (χ0v) is 7.37. The van der Waals surface area contributed by atoms with Gasteiger partial charge in [0.05, 0.1) is 0 Å². The topological polar surface area (TPSA) is 77.2 Å². The molecule has 0 aromatic heterocycles. The quantitative estimate of drug-likeness (QED) is 0.478. The van der Waals surface area contributed by atoms with Gasteiger partial charge < -0.3 is 5.73 Å². The number of ketones is 2. The Bertz CT molecular complexity index is 271. The van der Waals surface area contributed by atoms with Crippen molar-refractivity contribution in [3.05, 3.63) is 25.3 Å². The summed E-state index contributed by atoms with van der Waals surface area (Å²) in [6.07, 6.45) is 1.79. The molecule has 70 valence electrons. The molecule has 13 heavy (non-hydrogen) atoms. The van der Waals surface area contributed by atoms with E-state index in [0.29, 0.717) is 0 Å². The Kier molecular flexibility index (Phi) is 3.30. The van der Waals surface area contributed by atoms with E-state index in [1.807, 2.05) is 0 Å². The highest BCUT2D eigenvalue weighted by molar-refractivity contribution is 6.28. The van der Waals surface area contributed by atoms with Crippen molar-refractivity contribution in [2.45, 2.75) is 6.92 Å². The van der Waals surface area contributed by atoms with Crippen molar-refractivity contribution in [2.75, 3.05) is 0 Å². The van der Waals surface area contributed by atoms with Gasteiger partial charge in [0.2, 0.25) is 5.91 Å².